The molecule has 1 aromatic carbocycles. The van der Waals surface area contributed by atoms with Gasteiger partial charge < -0.3 is 20.4 Å². The number of benzene rings is 1. The second kappa shape index (κ2) is 10.3. The van der Waals surface area contributed by atoms with Crippen molar-refractivity contribution in [2.75, 3.05) is 51.2 Å². The molecule has 1 amide bonds. The van der Waals surface area contributed by atoms with E-state index < -0.39 is 0 Å². The molecule has 2 aliphatic rings. The lowest BCUT2D eigenvalue weighted by atomic mass is 9.89. The van der Waals surface area contributed by atoms with Gasteiger partial charge in [0, 0.05) is 52.2 Å². The third-order valence-corrected chi connectivity index (χ3v) is 5.67. The largest absolute Gasteiger partial charge is 0.366 e. The molecule has 0 aromatic heterocycles. The number of para-hydroxylation sites is 1. The summed E-state index contributed by atoms with van der Waals surface area (Å²) >= 11 is 0. The third-order valence-electron chi connectivity index (χ3n) is 5.67. The zero-order chi connectivity index (χ0) is 19.8. The van der Waals surface area contributed by atoms with Gasteiger partial charge in [-0.3, -0.25) is 9.79 Å². The maximum atomic E-state index is 14.0. The van der Waals surface area contributed by atoms with E-state index in [4.69, 9.17) is 0 Å². The van der Waals surface area contributed by atoms with Crippen LogP contribution in [0.25, 0.3) is 0 Å². The Morgan fingerprint density at radius 1 is 1.07 bits per heavy atom. The van der Waals surface area contributed by atoms with Gasteiger partial charge in [-0.15, -0.1) is 0 Å². The molecule has 1 saturated carbocycles. The Morgan fingerprint density at radius 3 is 2.43 bits per heavy atom. The summed E-state index contributed by atoms with van der Waals surface area (Å²) in [6.45, 7) is 4.31. The van der Waals surface area contributed by atoms with E-state index in [0.29, 0.717) is 18.8 Å². The number of hydrogen-bond acceptors (Lipinski definition) is 3. The predicted octanol–water partition coefficient (Wildman–Crippen LogP) is 2.22. The number of guanidine groups is 1. The average Bonchev–Trinajstić information content (AvgIpc) is 2.75. The highest BCUT2D eigenvalue weighted by Crippen LogP contribution is 2.23. The maximum Gasteiger partial charge on any atom is 0.223 e. The lowest BCUT2D eigenvalue weighted by Gasteiger charge is -2.37. The quantitative estimate of drug-likeness (QED) is 0.461. The second-order valence-electron chi connectivity index (χ2n) is 7.53. The van der Waals surface area contributed by atoms with Gasteiger partial charge in [0.25, 0.3) is 0 Å². The molecule has 1 aliphatic heterocycles. The fourth-order valence-electron chi connectivity index (χ4n) is 4.07. The van der Waals surface area contributed by atoms with Gasteiger partial charge in [-0.25, -0.2) is 4.39 Å². The fourth-order valence-corrected chi connectivity index (χ4v) is 4.07. The van der Waals surface area contributed by atoms with Crippen molar-refractivity contribution in [1.29, 1.82) is 0 Å². The molecule has 1 saturated heterocycles. The maximum absolute atomic E-state index is 14.0. The first kappa shape index (κ1) is 20.4. The van der Waals surface area contributed by atoms with E-state index in [-0.39, 0.29) is 17.6 Å². The van der Waals surface area contributed by atoms with Gasteiger partial charge in [-0.05, 0) is 25.0 Å². The summed E-state index contributed by atoms with van der Waals surface area (Å²) in [6.07, 6.45) is 5.63. The molecule has 6 nitrogen and oxygen atoms in total. The molecule has 154 valence electrons. The molecule has 7 heteroatoms. The lowest BCUT2D eigenvalue weighted by Crippen LogP contribution is -2.53. The van der Waals surface area contributed by atoms with Crippen LogP contribution in [0.3, 0.4) is 0 Å². The van der Waals surface area contributed by atoms with Crippen LogP contribution in [-0.2, 0) is 4.79 Å². The number of nitrogens with zero attached hydrogens (tertiary/aromatic N) is 3. The highest BCUT2D eigenvalue weighted by atomic mass is 19.1. The van der Waals surface area contributed by atoms with E-state index in [1.54, 1.807) is 13.1 Å². The number of anilines is 1. The summed E-state index contributed by atoms with van der Waals surface area (Å²) in [7, 11) is 1.77. The van der Waals surface area contributed by atoms with Crippen molar-refractivity contribution >= 4 is 17.6 Å². The molecule has 0 atom stereocenters. The van der Waals surface area contributed by atoms with Crippen molar-refractivity contribution in [1.82, 2.24) is 15.5 Å². The molecule has 0 radical (unpaired) electrons. The van der Waals surface area contributed by atoms with Crippen molar-refractivity contribution in [3.63, 3.8) is 0 Å². The monoisotopic (exact) mass is 389 g/mol. The minimum Gasteiger partial charge on any atom is -0.366 e. The molecule has 2 fully saturated rings. The minimum atomic E-state index is -0.174. The zero-order valence-corrected chi connectivity index (χ0v) is 16.8. The normalized spacial score (nSPS) is 18.9. The molecular formula is C21H32FN5O. The number of carbonyl (C=O) groups is 1. The minimum absolute atomic E-state index is 0.174. The molecule has 28 heavy (non-hydrogen) atoms. The van der Waals surface area contributed by atoms with Gasteiger partial charge in [-0.1, -0.05) is 31.4 Å². The summed E-state index contributed by atoms with van der Waals surface area (Å²) in [4.78, 5) is 20.8. The van der Waals surface area contributed by atoms with Gasteiger partial charge in [0.1, 0.15) is 5.82 Å². The van der Waals surface area contributed by atoms with Crippen molar-refractivity contribution in [3.8, 4) is 0 Å². The van der Waals surface area contributed by atoms with Gasteiger partial charge in [0.2, 0.25) is 5.91 Å². The van der Waals surface area contributed by atoms with Crippen LogP contribution < -0.4 is 15.5 Å². The van der Waals surface area contributed by atoms with Crippen molar-refractivity contribution < 1.29 is 9.18 Å². The van der Waals surface area contributed by atoms with Crippen molar-refractivity contribution in [2.24, 2.45) is 10.9 Å². The SMILES string of the molecule is CN=C(NCCNC(=O)C1CCCCC1)N1CCN(c2ccccc2F)CC1. The van der Waals surface area contributed by atoms with Crippen molar-refractivity contribution in [2.45, 2.75) is 32.1 Å². The van der Waals surface area contributed by atoms with Crippen LogP contribution >= 0.6 is 0 Å². The van der Waals surface area contributed by atoms with Crippen LogP contribution in [0, 0.1) is 11.7 Å². The number of aliphatic imine (C=N–C) groups is 1. The first-order valence-electron chi connectivity index (χ1n) is 10.4. The van der Waals surface area contributed by atoms with Crippen LogP contribution in [0.4, 0.5) is 10.1 Å². The van der Waals surface area contributed by atoms with E-state index in [0.717, 1.165) is 45.0 Å². The predicted molar refractivity (Wildman–Crippen MR) is 111 cm³/mol. The zero-order valence-electron chi connectivity index (χ0n) is 16.8. The van der Waals surface area contributed by atoms with Crippen LogP contribution in [0.2, 0.25) is 0 Å². The lowest BCUT2D eigenvalue weighted by molar-refractivity contribution is -0.125. The van der Waals surface area contributed by atoms with Gasteiger partial charge >= 0.3 is 0 Å². The Kier molecular flexibility index (Phi) is 7.51. The number of rotatable bonds is 5. The van der Waals surface area contributed by atoms with Crippen molar-refractivity contribution in [3.05, 3.63) is 30.1 Å². The first-order chi connectivity index (χ1) is 13.7. The van der Waals surface area contributed by atoms with Crippen LogP contribution in [-0.4, -0.2) is 63.1 Å². The second-order valence-corrected chi connectivity index (χ2v) is 7.53. The molecule has 1 heterocycles. The van der Waals surface area contributed by atoms with Crippen LogP contribution in [0.5, 0.6) is 0 Å². The van der Waals surface area contributed by atoms with Gasteiger partial charge in [0.05, 0.1) is 5.69 Å². The number of carbonyl (C=O) groups excluding carboxylic acids is 1. The third kappa shape index (κ3) is 5.36. The highest BCUT2D eigenvalue weighted by Gasteiger charge is 2.22. The van der Waals surface area contributed by atoms with E-state index in [1.807, 2.05) is 12.1 Å². The summed E-state index contributed by atoms with van der Waals surface area (Å²) in [5, 5.41) is 6.38. The Bertz CT molecular complexity index is 667. The summed E-state index contributed by atoms with van der Waals surface area (Å²) < 4.78 is 14.0. The molecule has 0 unspecified atom stereocenters. The smallest absolute Gasteiger partial charge is 0.223 e. The molecule has 1 aliphatic carbocycles. The fraction of sp³-hybridized carbons (Fsp3) is 0.619. The number of piperazine rings is 1. The standard InChI is InChI=1S/C21H32FN5O/c1-23-21(25-12-11-24-20(28)17-7-3-2-4-8-17)27-15-13-26(14-16-27)19-10-6-5-9-18(19)22/h5-6,9-10,17H,2-4,7-8,11-16H2,1H3,(H,23,25)(H,24,28). The van der Waals surface area contributed by atoms with Gasteiger partial charge in [0.15, 0.2) is 5.96 Å². The highest BCUT2D eigenvalue weighted by molar-refractivity contribution is 5.81. The Labute approximate surface area is 167 Å². The number of halogens is 1. The number of nitrogens with one attached hydrogen (secondary N) is 2. The first-order valence-corrected chi connectivity index (χ1v) is 10.4. The Hall–Kier alpha value is -2.31. The van der Waals surface area contributed by atoms with E-state index in [2.05, 4.69) is 25.4 Å². The van der Waals surface area contributed by atoms with E-state index >= 15 is 0 Å². The van der Waals surface area contributed by atoms with Crippen LogP contribution in [0.15, 0.2) is 29.3 Å². The molecular weight excluding hydrogens is 357 g/mol. The summed E-state index contributed by atoms with van der Waals surface area (Å²) in [5.74, 6) is 1.04. The van der Waals surface area contributed by atoms with E-state index in [1.165, 1.54) is 25.3 Å². The average molecular weight is 390 g/mol. The van der Waals surface area contributed by atoms with Crippen LogP contribution in [0.1, 0.15) is 32.1 Å². The number of amides is 1. The summed E-state index contributed by atoms with van der Waals surface area (Å²) in [5.41, 5.74) is 0.663. The van der Waals surface area contributed by atoms with Gasteiger partial charge in [-0.2, -0.15) is 0 Å². The van der Waals surface area contributed by atoms with E-state index in [9.17, 15) is 9.18 Å². The molecule has 1 aromatic rings. The Morgan fingerprint density at radius 2 is 1.75 bits per heavy atom. The summed E-state index contributed by atoms with van der Waals surface area (Å²) in [6, 6.07) is 6.91. The Balaban J connectivity index is 1.39. The number of hydrogen-bond donors (Lipinski definition) is 2. The molecule has 2 N–H and O–H groups in total. The molecule has 0 bridgehead atoms. The topological polar surface area (TPSA) is 60.0 Å². The molecule has 3 rings (SSSR count). The molecule has 0 spiro atoms.